The Morgan fingerprint density at radius 3 is 3.20 bits per heavy atom. The zero-order chi connectivity index (χ0) is 10.7. The normalized spacial score (nSPS) is 22.0. The molecule has 1 aromatic rings. The fraction of sp³-hybridized carbons (Fsp3) is 0.727. The van der Waals surface area contributed by atoms with Gasteiger partial charge in [-0.1, -0.05) is 0 Å². The maximum Gasteiger partial charge on any atom is 0.205 e. The predicted octanol–water partition coefficient (Wildman–Crippen LogP) is 2.36. The molecule has 1 aliphatic rings. The van der Waals surface area contributed by atoms with Crippen molar-refractivity contribution in [3.8, 4) is 0 Å². The number of aromatic nitrogens is 2. The number of nitrogens with zero attached hydrogens (tertiary/aromatic N) is 3. The van der Waals surface area contributed by atoms with Gasteiger partial charge in [0, 0.05) is 37.9 Å². The van der Waals surface area contributed by atoms with Gasteiger partial charge in [-0.3, -0.25) is 0 Å². The first-order chi connectivity index (χ1) is 7.35. The fourth-order valence-corrected chi connectivity index (χ4v) is 2.46. The zero-order valence-electron chi connectivity index (χ0n) is 9.19. The highest BCUT2D eigenvalue weighted by molar-refractivity contribution is 6.18. The van der Waals surface area contributed by atoms with Crippen molar-refractivity contribution in [1.82, 2.24) is 9.55 Å². The van der Waals surface area contributed by atoms with Crippen molar-refractivity contribution in [2.75, 3.05) is 23.9 Å². The van der Waals surface area contributed by atoms with Gasteiger partial charge in [-0.05, 0) is 25.7 Å². The van der Waals surface area contributed by atoms with Crippen LogP contribution in [0.4, 0.5) is 5.95 Å². The third-order valence-corrected chi connectivity index (χ3v) is 3.49. The second-order valence-electron chi connectivity index (χ2n) is 4.12. The summed E-state index contributed by atoms with van der Waals surface area (Å²) in [5.74, 6) is 2.50. The fourth-order valence-electron chi connectivity index (χ4n) is 2.20. The van der Waals surface area contributed by atoms with E-state index in [0.717, 1.165) is 31.5 Å². The summed E-state index contributed by atoms with van der Waals surface area (Å²) in [6.07, 6.45) is 6.41. The van der Waals surface area contributed by atoms with E-state index in [0.29, 0.717) is 5.92 Å². The molecule has 1 aromatic heterocycles. The molecule has 0 radical (unpaired) electrons. The van der Waals surface area contributed by atoms with Crippen LogP contribution in [0.1, 0.15) is 19.8 Å². The van der Waals surface area contributed by atoms with Crippen LogP contribution in [-0.2, 0) is 6.54 Å². The van der Waals surface area contributed by atoms with E-state index < -0.39 is 0 Å². The Hall–Kier alpha value is -0.700. The number of hydrogen-bond donors (Lipinski definition) is 0. The minimum absolute atomic E-state index is 0.627. The summed E-state index contributed by atoms with van der Waals surface area (Å²) in [6, 6.07) is 0. The number of alkyl halides is 1. The van der Waals surface area contributed by atoms with E-state index in [1.54, 1.807) is 0 Å². The van der Waals surface area contributed by atoms with Gasteiger partial charge in [0.1, 0.15) is 0 Å². The van der Waals surface area contributed by atoms with Crippen LogP contribution < -0.4 is 4.90 Å². The van der Waals surface area contributed by atoms with E-state index in [-0.39, 0.29) is 0 Å². The molecule has 0 N–H and O–H groups in total. The highest BCUT2D eigenvalue weighted by Gasteiger charge is 2.21. The van der Waals surface area contributed by atoms with Crippen LogP contribution in [-0.4, -0.2) is 28.5 Å². The number of piperidine rings is 1. The summed E-state index contributed by atoms with van der Waals surface area (Å²) >= 11 is 5.93. The Labute approximate surface area is 96.0 Å². The van der Waals surface area contributed by atoms with Gasteiger partial charge in [-0.2, -0.15) is 0 Å². The second kappa shape index (κ2) is 4.88. The van der Waals surface area contributed by atoms with Crippen LogP contribution in [0.5, 0.6) is 0 Å². The molecule has 0 amide bonds. The Balaban J connectivity index is 2.09. The standard InChI is InChI=1S/C11H18ClN3/c1-2-14-7-5-13-11(14)15-6-3-4-10(8-12)9-15/h5,7,10H,2-4,6,8-9H2,1H3. The summed E-state index contributed by atoms with van der Waals surface area (Å²) in [6.45, 7) is 5.30. The summed E-state index contributed by atoms with van der Waals surface area (Å²) in [5, 5.41) is 0. The van der Waals surface area contributed by atoms with Crippen LogP contribution in [0.2, 0.25) is 0 Å². The number of imidazole rings is 1. The Morgan fingerprint density at radius 1 is 1.60 bits per heavy atom. The van der Waals surface area contributed by atoms with Crippen molar-refractivity contribution in [1.29, 1.82) is 0 Å². The van der Waals surface area contributed by atoms with Gasteiger partial charge in [0.2, 0.25) is 5.95 Å². The molecule has 0 spiro atoms. The third kappa shape index (κ3) is 2.28. The number of hydrogen-bond acceptors (Lipinski definition) is 2. The second-order valence-corrected chi connectivity index (χ2v) is 4.43. The van der Waals surface area contributed by atoms with E-state index in [2.05, 4.69) is 21.4 Å². The Morgan fingerprint density at radius 2 is 2.47 bits per heavy atom. The van der Waals surface area contributed by atoms with Gasteiger partial charge in [0.25, 0.3) is 0 Å². The number of halogens is 1. The molecule has 0 saturated carbocycles. The Bertz CT molecular complexity index is 311. The molecule has 84 valence electrons. The molecular weight excluding hydrogens is 210 g/mol. The lowest BCUT2D eigenvalue weighted by molar-refractivity contribution is 0.442. The van der Waals surface area contributed by atoms with Crippen LogP contribution >= 0.6 is 11.6 Å². The van der Waals surface area contributed by atoms with E-state index in [9.17, 15) is 0 Å². The SMILES string of the molecule is CCn1ccnc1N1CCCC(CCl)C1. The summed E-state index contributed by atoms with van der Waals surface area (Å²) in [7, 11) is 0. The average molecular weight is 228 g/mol. The number of anilines is 1. The largest absolute Gasteiger partial charge is 0.342 e. The van der Waals surface area contributed by atoms with Crippen molar-refractivity contribution >= 4 is 17.5 Å². The van der Waals surface area contributed by atoms with Gasteiger partial charge in [-0.15, -0.1) is 11.6 Å². The molecule has 2 heterocycles. The van der Waals surface area contributed by atoms with E-state index in [1.165, 1.54) is 12.8 Å². The molecule has 0 bridgehead atoms. The molecule has 0 aromatic carbocycles. The molecule has 2 rings (SSSR count). The number of aryl methyl sites for hydroxylation is 1. The van der Waals surface area contributed by atoms with Crippen molar-refractivity contribution in [2.45, 2.75) is 26.3 Å². The first kappa shape index (κ1) is 10.8. The van der Waals surface area contributed by atoms with Crippen molar-refractivity contribution in [3.63, 3.8) is 0 Å². The first-order valence-electron chi connectivity index (χ1n) is 5.67. The van der Waals surface area contributed by atoms with Gasteiger partial charge in [0.15, 0.2) is 0 Å². The van der Waals surface area contributed by atoms with Crippen molar-refractivity contribution in [3.05, 3.63) is 12.4 Å². The number of rotatable bonds is 3. The van der Waals surface area contributed by atoms with Gasteiger partial charge < -0.3 is 9.47 Å². The summed E-state index contributed by atoms with van der Waals surface area (Å²) in [4.78, 5) is 6.79. The molecule has 1 atom stereocenters. The molecule has 3 nitrogen and oxygen atoms in total. The summed E-state index contributed by atoms with van der Waals surface area (Å²) in [5.41, 5.74) is 0. The van der Waals surface area contributed by atoms with Gasteiger partial charge in [0.05, 0.1) is 0 Å². The zero-order valence-corrected chi connectivity index (χ0v) is 9.95. The quantitative estimate of drug-likeness (QED) is 0.740. The molecule has 1 fully saturated rings. The monoisotopic (exact) mass is 227 g/mol. The van der Waals surface area contributed by atoms with E-state index in [4.69, 9.17) is 11.6 Å². The average Bonchev–Trinajstić information content (AvgIpc) is 2.77. The molecule has 1 unspecified atom stereocenters. The molecular formula is C11H18ClN3. The maximum atomic E-state index is 5.93. The van der Waals surface area contributed by atoms with Crippen molar-refractivity contribution in [2.24, 2.45) is 5.92 Å². The minimum atomic E-state index is 0.627. The van der Waals surface area contributed by atoms with E-state index >= 15 is 0 Å². The molecule has 0 aliphatic carbocycles. The highest BCUT2D eigenvalue weighted by atomic mass is 35.5. The minimum Gasteiger partial charge on any atom is -0.342 e. The van der Waals surface area contributed by atoms with E-state index in [1.807, 2.05) is 12.4 Å². The molecule has 4 heteroatoms. The molecule has 1 aliphatic heterocycles. The predicted molar refractivity (Wildman–Crippen MR) is 63.6 cm³/mol. The van der Waals surface area contributed by atoms with Gasteiger partial charge >= 0.3 is 0 Å². The lowest BCUT2D eigenvalue weighted by Crippen LogP contribution is -2.37. The lowest BCUT2D eigenvalue weighted by Gasteiger charge is -2.32. The lowest BCUT2D eigenvalue weighted by atomic mass is 10.0. The van der Waals surface area contributed by atoms with Crippen LogP contribution in [0.25, 0.3) is 0 Å². The summed E-state index contributed by atoms with van der Waals surface area (Å²) < 4.78 is 2.19. The van der Waals surface area contributed by atoms with Gasteiger partial charge in [-0.25, -0.2) is 4.98 Å². The first-order valence-corrected chi connectivity index (χ1v) is 6.20. The molecule has 15 heavy (non-hydrogen) atoms. The molecule has 1 saturated heterocycles. The van der Waals surface area contributed by atoms with Crippen LogP contribution in [0.3, 0.4) is 0 Å². The topological polar surface area (TPSA) is 21.1 Å². The highest BCUT2D eigenvalue weighted by Crippen LogP contribution is 2.22. The third-order valence-electron chi connectivity index (χ3n) is 3.05. The van der Waals surface area contributed by atoms with Crippen LogP contribution in [0.15, 0.2) is 12.4 Å². The van der Waals surface area contributed by atoms with Crippen molar-refractivity contribution < 1.29 is 0 Å². The smallest absolute Gasteiger partial charge is 0.205 e. The maximum absolute atomic E-state index is 5.93. The van der Waals surface area contributed by atoms with Crippen LogP contribution in [0, 0.1) is 5.92 Å². The Kier molecular flexibility index (Phi) is 3.52.